The Hall–Kier alpha value is -1.84. The second kappa shape index (κ2) is 4.99. The Morgan fingerprint density at radius 3 is 1.94 bits per heavy atom. The van der Waals surface area contributed by atoms with E-state index in [4.69, 9.17) is 4.74 Å². The van der Waals surface area contributed by atoms with E-state index in [9.17, 15) is 9.59 Å². The molecule has 92 valence electrons. The topological polar surface area (TPSA) is 52.6 Å². The van der Waals surface area contributed by atoms with Crippen molar-refractivity contribution in [1.29, 1.82) is 0 Å². The Balaban J connectivity index is 3.02. The van der Waals surface area contributed by atoms with Crippen molar-refractivity contribution in [3.05, 3.63) is 35.4 Å². The Bertz CT molecular complexity index is 418. The van der Waals surface area contributed by atoms with Crippen LogP contribution < -0.4 is 0 Å². The average molecular weight is 236 g/mol. The number of rotatable bonds is 3. The van der Waals surface area contributed by atoms with E-state index in [1.165, 1.54) is 14.2 Å². The highest BCUT2D eigenvalue weighted by Gasteiger charge is 2.30. The molecule has 0 atom stereocenters. The lowest BCUT2D eigenvalue weighted by Crippen LogP contribution is -2.30. The minimum Gasteiger partial charge on any atom is -0.468 e. The zero-order chi connectivity index (χ0) is 13.1. The first-order valence-corrected chi connectivity index (χ1v) is 5.20. The van der Waals surface area contributed by atoms with Crippen molar-refractivity contribution in [2.75, 3.05) is 14.2 Å². The average Bonchev–Trinajstić information content (AvgIpc) is 2.36. The molecule has 1 aromatic carbocycles. The van der Waals surface area contributed by atoms with Gasteiger partial charge in [-0.15, -0.1) is 0 Å². The number of esters is 2. The smallest absolute Gasteiger partial charge is 0.337 e. The van der Waals surface area contributed by atoms with E-state index in [1.54, 1.807) is 38.1 Å². The highest BCUT2D eigenvalue weighted by Crippen LogP contribution is 2.24. The molecule has 0 radical (unpaired) electrons. The van der Waals surface area contributed by atoms with Crippen molar-refractivity contribution in [3.8, 4) is 0 Å². The Morgan fingerprint density at radius 1 is 1.00 bits per heavy atom. The van der Waals surface area contributed by atoms with Gasteiger partial charge in [0.05, 0.1) is 25.2 Å². The lowest BCUT2D eigenvalue weighted by Gasteiger charge is -2.21. The molecule has 0 bridgehead atoms. The fourth-order valence-electron chi connectivity index (χ4n) is 1.51. The second-order valence-corrected chi connectivity index (χ2v) is 4.19. The maximum atomic E-state index is 11.6. The molecule has 0 fully saturated rings. The fraction of sp³-hybridized carbons (Fsp3) is 0.385. The van der Waals surface area contributed by atoms with Gasteiger partial charge in [0.1, 0.15) is 0 Å². The molecule has 0 aliphatic carbocycles. The molecule has 0 saturated heterocycles. The third kappa shape index (κ3) is 2.64. The van der Waals surface area contributed by atoms with E-state index in [1.807, 2.05) is 0 Å². The summed E-state index contributed by atoms with van der Waals surface area (Å²) in [4.78, 5) is 22.8. The third-order valence-corrected chi connectivity index (χ3v) is 2.72. The highest BCUT2D eigenvalue weighted by molar-refractivity contribution is 5.89. The van der Waals surface area contributed by atoms with Gasteiger partial charge in [0.15, 0.2) is 0 Å². The molecule has 0 spiro atoms. The van der Waals surface area contributed by atoms with Crippen molar-refractivity contribution in [2.45, 2.75) is 19.3 Å². The maximum absolute atomic E-state index is 11.6. The van der Waals surface area contributed by atoms with Crippen molar-refractivity contribution in [3.63, 3.8) is 0 Å². The molecule has 0 aromatic heterocycles. The van der Waals surface area contributed by atoms with Crippen LogP contribution >= 0.6 is 0 Å². The predicted molar refractivity (Wildman–Crippen MR) is 62.8 cm³/mol. The fourth-order valence-corrected chi connectivity index (χ4v) is 1.51. The first-order chi connectivity index (χ1) is 7.93. The minimum absolute atomic E-state index is 0.316. The van der Waals surface area contributed by atoms with Gasteiger partial charge in [0, 0.05) is 0 Å². The molecule has 17 heavy (non-hydrogen) atoms. The van der Waals surface area contributed by atoms with Crippen LogP contribution in [-0.4, -0.2) is 26.2 Å². The SMILES string of the molecule is COC(=O)c1ccc(C(C)(C)C(=O)OC)cc1. The van der Waals surface area contributed by atoms with E-state index in [0.717, 1.165) is 5.56 Å². The van der Waals surface area contributed by atoms with E-state index in [-0.39, 0.29) is 5.97 Å². The Morgan fingerprint density at radius 2 is 1.53 bits per heavy atom. The van der Waals surface area contributed by atoms with Gasteiger partial charge < -0.3 is 9.47 Å². The molecule has 0 unspecified atom stereocenters. The molecule has 0 aliphatic heterocycles. The van der Waals surface area contributed by atoms with Crippen LogP contribution in [0.3, 0.4) is 0 Å². The number of ether oxygens (including phenoxy) is 2. The van der Waals surface area contributed by atoms with Crippen LogP contribution in [0.4, 0.5) is 0 Å². The molecule has 0 N–H and O–H groups in total. The number of benzene rings is 1. The summed E-state index contributed by atoms with van der Waals surface area (Å²) in [5.74, 6) is -0.712. The van der Waals surface area contributed by atoms with E-state index in [2.05, 4.69) is 4.74 Å². The number of hydrogen-bond donors (Lipinski definition) is 0. The summed E-state index contributed by atoms with van der Waals surface area (Å²) in [6.45, 7) is 3.54. The second-order valence-electron chi connectivity index (χ2n) is 4.19. The van der Waals surface area contributed by atoms with Crippen LogP contribution in [0.15, 0.2) is 24.3 Å². The summed E-state index contributed by atoms with van der Waals surface area (Å²) < 4.78 is 9.34. The van der Waals surface area contributed by atoms with Crippen LogP contribution in [-0.2, 0) is 19.7 Å². The number of methoxy groups -OCH3 is 2. The standard InChI is InChI=1S/C13H16O4/c1-13(2,12(15)17-4)10-7-5-9(6-8-10)11(14)16-3/h5-8H,1-4H3. The Kier molecular flexibility index (Phi) is 3.89. The Labute approximate surface area is 101 Å². The van der Waals surface area contributed by atoms with Gasteiger partial charge in [-0.2, -0.15) is 0 Å². The van der Waals surface area contributed by atoms with E-state index in [0.29, 0.717) is 5.56 Å². The summed E-state index contributed by atoms with van der Waals surface area (Å²) in [6, 6.07) is 6.71. The van der Waals surface area contributed by atoms with Gasteiger partial charge in [0.25, 0.3) is 0 Å². The zero-order valence-corrected chi connectivity index (χ0v) is 10.4. The van der Waals surface area contributed by atoms with Crippen molar-refractivity contribution >= 4 is 11.9 Å². The van der Waals surface area contributed by atoms with Gasteiger partial charge in [-0.05, 0) is 31.5 Å². The van der Waals surface area contributed by atoms with Gasteiger partial charge in [-0.1, -0.05) is 12.1 Å². The molecule has 1 aromatic rings. The summed E-state index contributed by atoms with van der Waals surface area (Å²) in [5, 5.41) is 0. The van der Waals surface area contributed by atoms with Gasteiger partial charge >= 0.3 is 11.9 Å². The lowest BCUT2D eigenvalue weighted by atomic mass is 9.84. The van der Waals surface area contributed by atoms with Gasteiger partial charge in [-0.3, -0.25) is 4.79 Å². The quantitative estimate of drug-likeness (QED) is 0.752. The molecule has 0 heterocycles. The number of carbonyl (C=O) groups excluding carboxylic acids is 2. The van der Waals surface area contributed by atoms with Crippen molar-refractivity contribution in [2.24, 2.45) is 0 Å². The number of carbonyl (C=O) groups is 2. The molecular formula is C13H16O4. The molecule has 0 aliphatic rings. The highest BCUT2D eigenvalue weighted by atomic mass is 16.5. The molecular weight excluding hydrogens is 220 g/mol. The molecule has 1 rings (SSSR count). The molecule has 4 heteroatoms. The maximum Gasteiger partial charge on any atom is 0.337 e. The lowest BCUT2D eigenvalue weighted by molar-refractivity contribution is -0.146. The van der Waals surface area contributed by atoms with E-state index < -0.39 is 11.4 Å². The largest absolute Gasteiger partial charge is 0.468 e. The van der Waals surface area contributed by atoms with Crippen molar-refractivity contribution < 1.29 is 19.1 Å². The van der Waals surface area contributed by atoms with Crippen LogP contribution in [0, 0.1) is 0 Å². The summed E-state index contributed by atoms with van der Waals surface area (Å²) in [5.41, 5.74) is 0.512. The summed E-state index contributed by atoms with van der Waals surface area (Å²) >= 11 is 0. The monoisotopic (exact) mass is 236 g/mol. The molecule has 0 saturated carbocycles. The minimum atomic E-state index is -0.733. The van der Waals surface area contributed by atoms with Crippen LogP contribution in [0.25, 0.3) is 0 Å². The van der Waals surface area contributed by atoms with Crippen LogP contribution in [0.2, 0.25) is 0 Å². The number of hydrogen-bond acceptors (Lipinski definition) is 4. The van der Waals surface area contributed by atoms with Crippen LogP contribution in [0.1, 0.15) is 29.8 Å². The van der Waals surface area contributed by atoms with Gasteiger partial charge in [0.2, 0.25) is 0 Å². The summed E-state index contributed by atoms with van der Waals surface area (Å²) in [7, 11) is 2.68. The normalized spacial score (nSPS) is 10.8. The first-order valence-electron chi connectivity index (χ1n) is 5.20. The third-order valence-electron chi connectivity index (χ3n) is 2.72. The van der Waals surface area contributed by atoms with E-state index >= 15 is 0 Å². The summed E-state index contributed by atoms with van der Waals surface area (Å²) in [6.07, 6.45) is 0. The van der Waals surface area contributed by atoms with Crippen LogP contribution in [0.5, 0.6) is 0 Å². The van der Waals surface area contributed by atoms with Gasteiger partial charge in [-0.25, -0.2) is 4.79 Å². The zero-order valence-electron chi connectivity index (χ0n) is 10.4. The molecule has 0 amide bonds. The van der Waals surface area contributed by atoms with Crippen molar-refractivity contribution in [1.82, 2.24) is 0 Å². The predicted octanol–water partition coefficient (Wildman–Crippen LogP) is 1.92. The first kappa shape index (κ1) is 13.2. The molecule has 4 nitrogen and oxygen atoms in total.